The molecule has 0 unspecified atom stereocenters. The van der Waals surface area contributed by atoms with Crippen LogP contribution in [0, 0.1) is 0 Å². The first-order valence-electron chi connectivity index (χ1n) is 12.0. The number of para-hydroxylation sites is 2. The van der Waals surface area contributed by atoms with E-state index < -0.39 is 0 Å². The molecule has 8 rings (SSSR count). The monoisotopic (exact) mass is 543 g/mol. The van der Waals surface area contributed by atoms with Gasteiger partial charge in [0.25, 0.3) is 0 Å². The molecule has 4 nitrogen and oxygen atoms in total. The average molecular weight is 542 g/mol. The second kappa shape index (κ2) is 7.53. The summed E-state index contributed by atoms with van der Waals surface area (Å²) < 4.78 is 10.4. The predicted octanol–water partition coefficient (Wildman–Crippen LogP) is 6.77. The summed E-state index contributed by atoms with van der Waals surface area (Å²) in [7, 11) is 0. The number of rotatable bonds is 1. The van der Waals surface area contributed by atoms with Crippen molar-refractivity contribution in [2.45, 2.75) is 0 Å². The summed E-state index contributed by atoms with van der Waals surface area (Å²) in [5.41, 5.74) is 3.95. The summed E-state index contributed by atoms with van der Waals surface area (Å²) in [4.78, 5) is 27.0. The van der Waals surface area contributed by atoms with Crippen molar-refractivity contribution in [2.75, 3.05) is 0 Å². The minimum atomic E-state index is -0.0798. The summed E-state index contributed by atoms with van der Waals surface area (Å²) in [6, 6.07) is 33.7. The van der Waals surface area contributed by atoms with Crippen molar-refractivity contribution in [1.82, 2.24) is 4.57 Å². The van der Waals surface area contributed by atoms with E-state index in [1.54, 1.807) is 6.07 Å². The Hall–Kier alpha value is -4.44. The summed E-state index contributed by atoms with van der Waals surface area (Å²) in [6.07, 6.45) is 0. The van der Waals surface area contributed by atoms with Gasteiger partial charge in [0, 0.05) is 0 Å². The van der Waals surface area contributed by atoms with Gasteiger partial charge in [0.05, 0.1) is 0 Å². The Morgan fingerprint density at radius 3 is 1.89 bits per heavy atom. The topological polar surface area (TPSA) is 52.2 Å². The van der Waals surface area contributed by atoms with Crippen LogP contribution in [-0.4, -0.2) is 19.1 Å². The van der Waals surface area contributed by atoms with Gasteiger partial charge in [0.1, 0.15) is 0 Å². The van der Waals surface area contributed by atoms with Crippen LogP contribution in [0.25, 0.3) is 68.7 Å². The molecule has 174 valence electrons. The molecular formula is C32H17NO3Se. The first-order valence-corrected chi connectivity index (χ1v) is 13.7. The van der Waals surface area contributed by atoms with E-state index in [1.807, 2.05) is 72.8 Å². The molecule has 0 bridgehead atoms. The van der Waals surface area contributed by atoms with Crippen LogP contribution in [0.5, 0.6) is 0 Å². The van der Waals surface area contributed by atoms with Crippen LogP contribution in [0.3, 0.4) is 0 Å². The maximum atomic E-state index is 13.8. The third-order valence-corrected chi connectivity index (χ3v) is 9.57. The van der Waals surface area contributed by atoms with Crippen LogP contribution in [0.2, 0.25) is 0 Å². The van der Waals surface area contributed by atoms with Gasteiger partial charge >= 0.3 is 216 Å². The first kappa shape index (κ1) is 20.7. The van der Waals surface area contributed by atoms with Gasteiger partial charge in [-0.2, -0.15) is 0 Å². The van der Waals surface area contributed by atoms with Gasteiger partial charge in [-0.1, -0.05) is 0 Å². The number of aromatic nitrogens is 1. The number of nitrogens with zero attached hydrogens (tertiary/aromatic N) is 1. The third kappa shape index (κ3) is 2.90. The molecule has 8 aromatic rings. The standard InChI is InChI=1S/C32H17NO3Se/c34-31-21-9-3-6-12-29(21)37-30-17-23-28(16-24(30)31)36-27-14-13-18(15-22(27)32(23)35)33-25-10-4-1-7-19(25)20-8-2-5-11-26(20)33/h1-17H. The molecule has 3 heterocycles. The van der Waals surface area contributed by atoms with Crippen LogP contribution in [0.4, 0.5) is 0 Å². The fourth-order valence-corrected chi connectivity index (χ4v) is 7.77. The number of hydrogen-bond donors (Lipinski definition) is 0. The molecule has 0 amide bonds. The maximum absolute atomic E-state index is 13.8. The van der Waals surface area contributed by atoms with Crippen LogP contribution in [0.15, 0.2) is 117 Å². The molecule has 0 atom stereocenters. The second-order valence-electron chi connectivity index (χ2n) is 9.25. The summed E-state index contributed by atoms with van der Waals surface area (Å²) in [5, 5.41) is 4.76. The van der Waals surface area contributed by atoms with Crippen LogP contribution in [0.1, 0.15) is 0 Å². The van der Waals surface area contributed by atoms with E-state index in [0.717, 1.165) is 30.6 Å². The zero-order valence-electron chi connectivity index (χ0n) is 19.4. The quantitative estimate of drug-likeness (QED) is 0.170. The molecule has 5 heteroatoms. The minimum absolute atomic E-state index is 0.00918. The molecule has 0 spiro atoms. The van der Waals surface area contributed by atoms with E-state index in [2.05, 4.69) is 28.8 Å². The van der Waals surface area contributed by atoms with Crippen molar-refractivity contribution >= 4 is 77.5 Å². The second-order valence-corrected chi connectivity index (χ2v) is 11.5. The van der Waals surface area contributed by atoms with Gasteiger partial charge in [-0.15, -0.1) is 0 Å². The zero-order valence-corrected chi connectivity index (χ0v) is 21.1. The molecular weight excluding hydrogens is 525 g/mol. The van der Waals surface area contributed by atoms with Crippen molar-refractivity contribution < 1.29 is 4.42 Å². The van der Waals surface area contributed by atoms with Crippen molar-refractivity contribution in [1.29, 1.82) is 0 Å². The fraction of sp³-hybridized carbons (Fsp3) is 0. The Kier molecular flexibility index (Phi) is 4.22. The Morgan fingerprint density at radius 1 is 0.514 bits per heavy atom. The number of fused-ring (bicyclic) bond motifs is 7. The molecule has 0 aliphatic rings. The zero-order chi connectivity index (χ0) is 24.7. The van der Waals surface area contributed by atoms with Gasteiger partial charge in [-0.3, -0.25) is 0 Å². The van der Waals surface area contributed by atoms with E-state index in [4.69, 9.17) is 4.42 Å². The Labute approximate surface area is 215 Å². The normalized spacial score (nSPS) is 12.0. The number of benzene rings is 5. The van der Waals surface area contributed by atoms with E-state index in [-0.39, 0.29) is 25.4 Å². The Bertz CT molecular complexity index is 2300. The molecule has 0 aliphatic heterocycles. The molecule has 0 aliphatic carbocycles. The average Bonchev–Trinajstić information content (AvgIpc) is 3.27. The Morgan fingerprint density at radius 2 is 1.14 bits per heavy atom. The predicted molar refractivity (Wildman–Crippen MR) is 153 cm³/mol. The van der Waals surface area contributed by atoms with Crippen molar-refractivity contribution in [3.8, 4) is 5.69 Å². The van der Waals surface area contributed by atoms with Crippen molar-refractivity contribution in [3.05, 3.63) is 124 Å². The molecule has 0 saturated heterocycles. The molecule has 37 heavy (non-hydrogen) atoms. The molecule has 0 fully saturated rings. The van der Waals surface area contributed by atoms with Gasteiger partial charge < -0.3 is 0 Å². The van der Waals surface area contributed by atoms with Gasteiger partial charge in [0.15, 0.2) is 0 Å². The van der Waals surface area contributed by atoms with Crippen molar-refractivity contribution in [3.63, 3.8) is 0 Å². The summed E-state index contributed by atoms with van der Waals surface area (Å²) in [5.74, 6) is 0. The van der Waals surface area contributed by atoms with Gasteiger partial charge in [-0.25, -0.2) is 0 Å². The fourth-order valence-electron chi connectivity index (χ4n) is 5.48. The molecule has 5 aromatic carbocycles. The molecule has 0 N–H and O–H groups in total. The van der Waals surface area contributed by atoms with E-state index in [0.29, 0.717) is 27.3 Å². The summed E-state index contributed by atoms with van der Waals surface area (Å²) in [6.45, 7) is 0. The summed E-state index contributed by atoms with van der Waals surface area (Å²) >= 11 is -0.0553. The SMILES string of the molecule is O=c1c2cc(-n3c4ccccc4c4ccccc43)ccc2oc2cc3c(=O)c4ccccc4[se]c3cc12. The van der Waals surface area contributed by atoms with Crippen LogP contribution >= 0.6 is 0 Å². The van der Waals surface area contributed by atoms with Crippen LogP contribution in [-0.2, 0) is 0 Å². The van der Waals surface area contributed by atoms with E-state index in [1.165, 1.54) is 10.8 Å². The Balaban J connectivity index is 1.44. The van der Waals surface area contributed by atoms with Gasteiger partial charge in [-0.05, 0) is 0 Å². The first-order chi connectivity index (χ1) is 18.2. The molecule has 3 aromatic heterocycles. The van der Waals surface area contributed by atoms with Gasteiger partial charge in [0.2, 0.25) is 0 Å². The van der Waals surface area contributed by atoms with Crippen LogP contribution < -0.4 is 10.9 Å². The van der Waals surface area contributed by atoms with Crippen molar-refractivity contribution in [2.24, 2.45) is 0 Å². The molecule has 0 radical (unpaired) electrons. The molecule has 0 saturated carbocycles. The third-order valence-electron chi connectivity index (χ3n) is 7.19. The number of hydrogen-bond acceptors (Lipinski definition) is 3. The van der Waals surface area contributed by atoms with E-state index >= 15 is 0 Å². The van der Waals surface area contributed by atoms with E-state index in [9.17, 15) is 9.59 Å².